The number of rotatable bonds is 8. The molecule has 31 heavy (non-hydrogen) atoms. The summed E-state index contributed by atoms with van der Waals surface area (Å²) < 4.78 is 17.4. The summed E-state index contributed by atoms with van der Waals surface area (Å²) in [5, 5.41) is 0.996. The molecule has 2 N–H and O–H groups in total. The summed E-state index contributed by atoms with van der Waals surface area (Å²) in [7, 11) is 1.50. The molecule has 4 rings (SSSR count). The van der Waals surface area contributed by atoms with Crippen molar-refractivity contribution >= 4 is 23.3 Å². The van der Waals surface area contributed by atoms with Crippen molar-refractivity contribution < 1.29 is 14.2 Å². The lowest BCUT2D eigenvalue weighted by Gasteiger charge is -2.33. The first-order chi connectivity index (χ1) is 15.2. The zero-order valence-electron chi connectivity index (χ0n) is 19.2. The monoisotopic (exact) mass is 448 g/mol. The molecule has 1 aromatic rings. The van der Waals surface area contributed by atoms with Gasteiger partial charge in [-0.15, -0.1) is 0 Å². The molecule has 1 aromatic heterocycles. The highest BCUT2D eigenvalue weighted by Gasteiger charge is 2.39. The molecule has 0 amide bonds. The Bertz CT molecular complexity index is 782. The Morgan fingerprint density at radius 3 is 2.77 bits per heavy atom. The molecule has 7 nitrogen and oxygen atoms in total. The van der Waals surface area contributed by atoms with Crippen LogP contribution in [0.3, 0.4) is 0 Å². The number of nitrogens with two attached hydrogens (primary N) is 1. The molecule has 3 aliphatic rings. The Balaban J connectivity index is 0.00000132. The fourth-order valence-electron chi connectivity index (χ4n) is 3.88. The predicted molar refractivity (Wildman–Crippen MR) is 127 cm³/mol. The molecule has 0 saturated carbocycles. The molecule has 0 radical (unpaired) electrons. The van der Waals surface area contributed by atoms with E-state index in [0.29, 0.717) is 24.5 Å². The third-order valence-electron chi connectivity index (χ3n) is 5.73. The van der Waals surface area contributed by atoms with Crippen LogP contribution in [0.4, 0.5) is 5.82 Å². The third-order valence-corrected chi connectivity index (χ3v) is 6.81. The molecule has 2 fully saturated rings. The molecule has 0 spiro atoms. The molecule has 4 heterocycles. The van der Waals surface area contributed by atoms with Crippen LogP contribution in [0.2, 0.25) is 0 Å². The molecule has 2 atom stereocenters. The van der Waals surface area contributed by atoms with Crippen LogP contribution in [-0.2, 0) is 9.47 Å². The number of aliphatic imine (C=N–C) groups is 1. The van der Waals surface area contributed by atoms with Gasteiger partial charge >= 0.3 is 0 Å². The summed E-state index contributed by atoms with van der Waals surface area (Å²) in [6, 6.07) is 2.42. The Morgan fingerprint density at radius 2 is 2.10 bits per heavy atom. The lowest BCUT2D eigenvalue weighted by atomic mass is 10.1. The highest BCUT2D eigenvalue weighted by Crippen LogP contribution is 2.45. The van der Waals surface area contributed by atoms with Crippen molar-refractivity contribution in [1.29, 1.82) is 0 Å². The second-order valence-electron chi connectivity index (χ2n) is 8.05. The van der Waals surface area contributed by atoms with Crippen molar-refractivity contribution in [3.8, 4) is 5.75 Å². The van der Waals surface area contributed by atoms with Crippen LogP contribution in [0, 0.1) is 11.8 Å². The third kappa shape index (κ3) is 6.00. The molecular formula is C23H36N4O3S. The molecule has 172 valence electrons. The van der Waals surface area contributed by atoms with Gasteiger partial charge in [0.1, 0.15) is 6.61 Å². The molecule has 2 unspecified atom stereocenters. The SMILES string of the molecule is C/C=C(\N=C(/C)CC)Sc1ccnc2c1OCC1CC(COCC3COC3)CN21.CN. The number of allylic oxidation sites excluding steroid dienone is 1. The van der Waals surface area contributed by atoms with Crippen LogP contribution in [0.1, 0.15) is 33.6 Å². The van der Waals surface area contributed by atoms with E-state index in [-0.39, 0.29) is 0 Å². The summed E-state index contributed by atoms with van der Waals surface area (Å²) in [5.74, 6) is 2.97. The largest absolute Gasteiger partial charge is 0.486 e. The fraction of sp³-hybridized carbons (Fsp3) is 0.652. The van der Waals surface area contributed by atoms with E-state index in [9.17, 15) is 0 Å². The molecule has 0 aromatic carbocycles. The van der Waals surface area contributed by atoms with Crippen LogP contribution in [0.15, 0.2) is 33.3 Å². The van der Waals surface area contributed by atoms with Gasteiger partial charge in [0.05, 0.1) is 42.4 Å². The van der Waals surface area contributed by atoms with Gasteiger partial charge in [-0.1, -0.05) is 24.8 Å². The van der Waals surface area contributed by atoms with Gasteiger partial charge < -0.3 is 24.8 Å². The minimum Gasteiger partial charge on any atom is -0.486 e. The number of aromatic nitrogens is 1. The first-order valence-electron chi connectivity index (χ1n) is 11.2. The molecule has 2 saturated heterocycles. The quantitative estimate of drug-likeness (QED) is 0.479. The zero-order valence-corrected chi connectivity index (χ0v) is 20.0. The van der Waals surface area contributed by atoms with Crippen molar-refractivity contribution in [3.63, 3.8) is 0 Å². The van der Waals surface area contributed by atoms with Gasteiger partial charge in [-0.05, 0) is 39.8 Å². The lowest BCUT2D eigenvalue weighted by molar-refractivity contribution is -0.0749. The number of nitrogens with zero attached hydrogens (tertiary/aromatic N) is 3. The van der Waals surface area contributed by atoms with Gasteiger partial charge in [-0.25, -0.2) is 4.98 Å². The second-order valence-corrected chi connectivity index (χ2v) is 9.11. The summed E-state index contributed by atoms with van der Waals surface area (Å²) in [6.45, 7) is 11.2. The molecule has 0 aliphatic carbocycles. The average Bonchev–Trinajstić information content (AvgIpc) is 3.20. The predicted octanol–water partition coefficient (Wildman–Crippen LogP) is 3.73. The second kappa shape index (κ2) is 11.9. The maximum atomic E-state index is 6.20. The van der Waals surface area contributed by atoms with Gasteiger partial charge in [-0.2, -0.15) is 0 Å². The molecule has 8 heteroatoms. The van der Waals surface area contributed by atoms with Crippen molar-refractivity contribution in [2.24, 2.45) is 22.6 Å². The van der Waals surface area contributed by atoms with E-state index in [1.54, 1.807) is 11.8 Å². The van der Waals surface area contributed by atoms with Gasteiger partial charge in [-0.3, -0.25) is 4.99 Å². The van der Waals surface area contributed by atoms with E-state index in [1.807, 2.05) is 19.2 Å². The number of thioether (sulfide) groups is 1. The van der Waals surface area contributed by atoms with Crippen molar-refractivity contribution in [1.82, 2.24) is 4.98 Å². The van der Waals surface area contributed by atoms with E-state index in [2.05, 4.69) is 35.5 Å². The van der Waals surface area contributed by atoms with E-state index < -0.39 is 0 Å². The summed E-state index contributed by atoms with van der Waals surface area (Å²) in [6.07, 6.45) is 5.99. The Labute approximate surface area is 190 Å². The van der Waals surface area contributed by atoms with E-state index in [1.165, 1.54) is 7.05 Å². The molecule has 3 aliphatic heterocycles. The van der Waals surface area contributed by atoms with Crippen molar-refractivity contribution in [2.75, 3.05) is 51.5 Å². The standard InChI is InChI=1S/C22H31N3O3S.CH5N/c1-4-15(3)24-20(5-2)29-19-6-7-23-22-21(19)28-14-18-8-16(9-25(18)22)10-26-11-17-12-27-13-17;1-2/h5-7,16-18H,4,8-14H2,1-3H3;2H2,1H3/b20-5+,24-15+;. The Kier molecular flexibility index (Phi) is 9.19. The number of pyridine rings is 1. The van der Waals surface area contributed by atoms with Gasteiger partial charge in [0.25, 0.3) is 0 Å². The maximum absolute atomic E-state index is 6.20. The first kappa shape index (κ1) is 24.0. The van der Waals surface area contributed by atoms with Gasteiger partial charge in [0.2, 0.25) is 0 Å². The highest BCUT2D eigenvalue weighted by molar-refractivity contribution is 8.03. The number of fused-ring (bicyclic) bond motifs is 3. The van der Waals surface area contributed by atoms with Crippen LogP contribution < -0.4 is 15.4 Å². The molecule has 0 bridgehead atoms. The number of anilines is 1. The first-order valence-corrected chi connectivity index (χ1v) is 12.0. The Hall–Kier alpha value is -1.61. The van der Waals surface area contributed by atoms with Crippen LogP contribution in [0.5, 0.6) is 5.75 Å². The van der Waals surface area contributed by atoms with Crippen LogP contribution in [-0.4, -0.2) is 63.4 Å². The minimum absolute atomic E-state index is 0.387. The topological polar surface area (TPSA) is 82.2 Å². The summed E-state index contributed by atoms with van der Waals surface area (Å²) >= 11 is 1.65. The number of hydrogen-bond acceptors (Lipinski definition) is 8. The van der Waals surface area contributed by atoms with E-state index >= 15 is 0 Å². The number of ether oxygens (including phenoxy) is 3. The summed E-state index contributed by atoms with van der Waals surface area (Å²) in [4.78, 5) is 12.9. The summed E-state index contributed by atoms with van der Waals surface area (Å²) in [5.41, 5.74) is 5.63. The fourth-order valence-corrected chi connectivity index (χ4v) is 4.80. The van der Waals surface area contributed by atoms with E-state index in [0.717, 1.165) is 73.0 Å². The van der Waals surface area contributed by atoms with Crippen molar-refractivity contribution in [2.45, 2.75) is 44.6 Å². The highest BCUT2D eigenvalue weighted by atomic mass is 32.2. The van der Waals surface area contributed by atoms with Gasteiger partial charge in [0.15, 0.2) is 11.6 Å². The number of hydrogen-bond donors (Lipinski definition) is 1. The zero-order chi connectivity index (χ0) is 22.2. The minimum atomic E-state index is 0.387. The van der Waals surface area contributed by atoms with Gasteiger partial charge in [0, 0.05) is 30.3 Å². The van der Waals surface area contributed by atoms with Crippen molar-refractivity contribution in [3.05, 3.63) is 23.4 Å². The maximum Gasteiger partial charge on any atom is 0.175 e. The van der Waals surface area contributed by atoms with E-state index in [4.69, 9.17) is 19.2 Å². The lowest BCUT2D eigenvalue weighted by Crippen LogP contribution is -2.39. The smallest absolute Gasteiger partial charge is 0.175 e. The van der Waals surface area contributed by atoms with Crippen LogP contribution >= 0.6 is 11.8 Å². The average molecular weight is 449 g/mol. The van der Waals surface area contributed by atoms with Crippen LogP contribution in [0.25, 0.3) is 0 Å². The normalized spacial score (nSPS) is 23.3. The molecular weight excluding hydrogens is 412 g/mol. The Morgan fingerprint density at radius 1 is 1.32 bits per heavy atom.